The predicted molar refractivity (Wildman–Crippen MR) is 71.1 cm³/mol. The first-order valence-electron chi connectivity index (χ1n) is 6.12. The van der Waals surface area contributed by atoms with Crippen LogP contribution in [-0.2, 0) is 0 Å². The van der Waals surface area contributed by atoms with Gasteiger partial charge < -0.3 is 15.0 Å². The number of aryl methyl sites for hydroxylation is 1. The van der Waals surface area contributed by atoms with E-state index in [2.05, 4.69) is 26.1 Å². The minimum absolute atomic E-state index is 0.00716. The van der Waals surface area contributed by atoms with Gasteiger partial charge in [-0.15, -0.1) is 0 Å². The molecule has 1 heterocycles. The van der Waals surface area contributed by atoms with E-state index in [9.17, 15) is 4.79 Å². The van der Waals surface area contributed by atoms with Crippen molar-refractivity contribution in [3.05, 3.63) is 28.3 Å². The van der Waals surface area contributed by atoms with Gasteiger partial charge >= 0.3 is 6.03 Å². The highest BCUT2D eigenvalue weighted by molar-refractivity contribution is 5.77. The van der Waals surface area contributed by atoms with Crippen LogP contribution in [0.4, 0.5) is 4.79 Å². The molecule has 18 heavy (non-hydrogen) atoms. The average Bonchev–Trinajstić information content (AvgIpc) is 2.66. The van der Waals surface area contributed by atoms with Crippen molar-refractivity contribution < 1.29 is 9.53 Å². The van der Waals surface area contributed by atoms with Gasteiger partial charge in [-0.25, -0.2) is 4.79 Å². The second-order valence-electron chi connectivity index (χ2n) is 4.87. The van der Waals surface area contributed by atoms with Gasteiger partial charge in [0.2, 0.25) is 0 Å². The van der Waals surface area contributed by atoms with Gasteiger partial charge in [0.25, 0.3) is 0 Å². The molecule has 1 N–H and O–H groups in total. The zero-order valence-electron chi connectivity index (χ0n) is 11.6. The Kier molecular flexibility index (Phi) is 3.20. The minimum Gasteiger partial charge on any atom is -0.496 e. The first-order valence-corrected chi connectivity index (χ1v) is 6.12. The molecule has 98 valence electrons. The highest BCUT2D eigenvalue weighted by atomic mass is 16.5. The molecule has 0 saturated carbocycles. The highest BCUT2D eigenvalue weighted by Crippen LogP contribution is 2.34. The third-order valence-electron chi connectivity index (χ3n) is 3.90. The van der Waals surface area contributed by atoms with Crippen molar-refractivity contribution in [2.24, 2.45) is 0 Å². The Morgan fingerprint density at radius 1 is 1.33 bits per heavy atom. The van der Waals surface area contributed by atoms with Crippen LogP contribution in [0.1, 0.15) is 28.3 Å². The smallest absolute Gasteiger partial charge is 0.317 e. The fourth-order valence-electron chi connectivity index (χ4n) is 2.67. The summed E-state index contributed by atoms with van der Waals surface area (Å²) in [5, 5.41) is 2.88. The Balaban J connectivity index is 2.52. The number of nitrogens with one attached hydrogen (secondary N) is 1. The lowest BCUT2D eigenvalue weighted by molar-refractivity contribution is 0.216. The molecule has 4 heteroatoms. The molecule has 1 unspecified atom stereocenters. The van der Waals surface area contributed by atoms with Gasteiger partial charge in [-0.2, -0.15) is 0 Å². The second-order valence-corrected chi connectivity index (χ2v) is 4.87. The summed E-state index contributed by atoms with van der Waals surface area (Å²) in [5.74, 6) is 0.911. The number of benzene rings is 1. The third kappa shape index (κ3) is 1.82. The highest BCUT2D eigenvalue weighted by Gasteiger charge is 2.31. The summed E-state index contributed by atoms with van der Waals surface area (Å²) in [6.07, 6.45) is 0. The maximum atomic E-state index is 11.6. The summed E-state index contributed by atoms with van der Waals surface area (Å²) in [6.45, 7) is 6.89. The van der Waals surface area contributed by atoms with Crippen LogP contribution in [0.3, 0.4) is 0 Å². The summed E-state index contributed by atoms with van der Waals surface area (Å²) in [5.41, 5.74) is 4.75. The molecule has 1 aliphatic rings. The molecule has 0 aliphatic carbocycles. The number of amides is 2. The van der Waals surface area contributed by atoms with Crippen molar-refractivity contribution in [2.45, 2.75) is 26.8 Å². The van der Waals surface area contributed by atoms with Gasteiger partial charge in [-0.05, 0) is 49.1 Å². The first-order chi connectivity index (χ1) is 8.47. The van der Waals surface area contributed by atoms with Gasteiger partial charge in [0.1, 0.15) is 5.75 Å². The number of hydrogen-bond donors (Lipinski definition) is 1. The summed E-state index contributed by atoms with van der Waals surface area (Å²) in [7, 11) is 3.53. The van der Waals surface area contributed by atoms with Crippen LogP contribution in [-0.4, -0.2) is 31.6 Å². The number of hydrogen-bond acceptors (Lipinski definition) is 2. The largest absolute Gasteiger partial charge is 0.496 e. The lowest BCUT2D eigenvalue weighted by atomic mass is 9.92. The standard InChI is InChI=1S/C14H20N2O2/c1-8-6-12(18-5)9(2)10(3)13(8)11-7-15-14(17)16(11)4/h6,11H,7H2,1-5H3,(H,15,17). The van der Waals surface area contributed by atoms with E-state index in [0.29, 0.717) is 6.54 Å². The molecule has 1 fully saturated rings. The van der Waals surface area contributed by atoms with Crippen LogP contribution in [0, 0.1) is 20.8 Å². The van der Waals surface area contributed by atoms with Crippen LogP contribution < -0.4 is 10.1 Å². The van der Waals surface area contributed by atoms with Crippen LogP contribution >= 0.6 is 0 Å². The van der Waals surface area contributed by atoms with Gasteiger partial charge in [0.05, 0.1) is 13.2 Å². The Morgan fingerprint density at radius 2 is 2.00 bits per heavy atom. The van der Waals surface area contributed by atoms with E-state index >= 15 is 0 Å². The van der Waals surface area contributed by atoms with Gasteiger partial charge in [-0.3, -0.25) is 0 Å². The number of rotatable bonds is 2. The second kappa shape index (κ2) is 4.52. The zero-order valence-corrected chi connectivity index (χ0v) is 11.6. The molecular formula is C14H20N2O2. The Bertz CT molecular complexity index is 497. The topological polar surface area (TPSA) is 41.6 Å². The van der Waals surface area contributed by atoms with Gasteiger partial charge in [0.15, 0.2) is 0 Å². The molecular weight excluding hydrogens is 228 g/mol. The van der Waals surface area contributed by atoms with Gasteiger partial charge in [0, 0.05) is 13.6 Å². The number of nitrogens with zero attached hydrogens (tertiary/aromatic N) is 1. The predicted octanol–water partition coefficient (Wildman–Crippen LogP) is 2.32. The van der Waals surface area contributed by atoms with Crippen molar-refractivity contribution in [3.63, 3.8) is 0 Å². The van der Waals surface area contributed by atoms with Crippen molar-refractivity contribution in [1.82, 2.24) is 10.2 Å². The lowest BCUT2D eigenvalue weighted by Gasteiger charge is -2.24. The van der Waals surface area contributed by atoms with E-state index in [1.807, 2.05) is 13.1 Å². The summed E-state index contributed by atoms with van der Waals surface area (Å²) in [6, 6.07) is 2.16. The van der Waals surface area contributed by atoms with Crippen LogP contribution in [0.2, 0.25) is 0 Å². The van der Waals surface area contributed by atoms with Gasteiger partial charge in [-0.1, -0.05) is 0 Å². The van der Waals surface area contributed by atoms with Crippen LogP contribution in [0.15, 0.2) is 6.07 Å². The molecule has 0 radical (unpaired) electrons. The number of ether oxygens (including phenoxy) is 1. The summed E-state index contributed by atoms with van der Waals surface area (Å²) >= 11 is 0. The average molecular weight is 248 g/mol. The fraction of sp³-hybridized carbons (Fsp3) is 0.500. The molecule has 1 aromatic rings. The third-order valence-corrected chi connectivity index (χ3v) is 3.90. The molecule has 0 spiro atoms. The lowest BCUT2D eigenvalue weighted by Crippen LogP contribution is -2.26. The molecule has 1 saturated heterocycles. The Labute approximate surface area is 108 Å². The zero-order chi connectivity index (χ0) is 13.4. The van der Waals surface area contributed by atoms with Crippen molar-refractivity contribution in [1.29, 1.82) is 0 Å². The molecule has 2 rings (SSSR count). The number of carbonyl (C=O) groups is 1. The normalized spacial score (nSPS) is 19.1. The first kappa shape index (κ1) is 12.7. The Hall–Kier alpha value is -1.71. The molecule has 1 atom stereocenters. The van der Waals surface area contributed by atoms with Crippen LogP contribution in [0.25, 0.3) is 0 Å². The van der Waals surface area contributed by atoms with E-state index in [4.69, 9.17) is 4.74 Å². The SMILES string of the molecule is COc1cc(C)c(C2CNC(=O)N2C)c(C)c1C. The van der Waals surface area contributed by atoms with E-state index < -0.39 is 0 Å². The monoisotopic (exact) mass is 248 g/mol. The number of methoxy groups -OCH3 is 1. The number of carbonyl (C=O) groups excluding carboxylic acids is 1. The maximum Gasteiger partial charge on any atom is 0.317 e. The van der Waals surface area contributed by atoms with Crippen molar-refractivity contribution in [3.8, 4) is 5.75 Å². The van der Waals surface area contributed by atoms with E-state index in [1.165, 1.54) is 16.7 Å². The molecule has 2 amide bonds. The molecule has 0 bridgehead atoms. The van der Waals surface area contributed by atoms with Crippen LogP contribution in [0.5, 0.6) is 5.75 Å². The van der Waals surface area contributed by atoms with E-state index in [0.717, 1.165) is 11.3 Å². The maximum absolute atomic E-state index is 11.6. The molecule has 0 aromatic heterocycles. The molecule has 1 aliphatic heterocycles. The van der Waals surface area contributed by atoms with E-state index in [1.54, 1.807) is 12.0 Å². The number of urea groups is 1. The Morgan fingerprint density at radius 3 is 2.50 bits per heavy atom. The summed E-state index contributed by atoms with van der Waals surface area (Å²) in [4.78, 5) is 13.3. The quantitative estimate of drug-likeness (QED) is 0.872. The minimum atomic E-state index is -0.00716. The van der Waals surface area contributed by atoms with Crippen molar-refractivity contribution in [2.75, 3.05) is 20.7 Å². The molecule has 1 aromatic carbocycles. The van der Waals surface area contributed by atoms with E-state index in [-0.39, 0.29) is 12.1 Å². The summed E-state index contributed by atoms with van der Waals surface area (Å²) < 4.78 is 5.38. The van der Waals surface area contributed by atoms with Crippen molar-refractivity contribution >= 4 is 6.03 Å². The fourth-order valence-corrected chi connectivity index (χ4v) is 2.67. The molecule has 4 nitrogen and oxygen atoms in total. The number of likely N-dealkylation sites (N-methyl/N-ethyl adjacent to an activating group) is 1.